The third-order valence-electron chi connectivity index (χ3n) is 4.41. The monoisotopic (exact) mass is 425 g/mol. The minimum Gasteiger partial charge on any atom is -0.444 e. The van der Waals surface area contributed by atoms with Gasteiger partial charge in [-0.25, -0.2) is 19.3 Å². The lowest BCUT2D eigenvalue weighted by Crippen LogP contribution is -2.54. The van der Waals surface area contributed by atoms with E-state index in [1.165, 1.54) is 4.90 Å². The maximum Gasteiger partial charge on any atom is 0.414 e. The lowest BCUT2D eigenvalue weighted by atomic mass is 10.0. The van der Waals surface area contributed by atoms with E-state index in [0.717, 1.165) is 4.68 Å². The Bertz CT molecular complexity index is 850. The molecule has 0 saturated carbocycles. The Labute approximate surface area is 170 Å². The lowest BCUT2D eigenvalue weighted by Gasteiger charge is -2.29. The Hall–Kier alpha value is -3.49. The number of fused-ring (bicyclic) bond motifs is 2. The van der Waals surface area contributed by atoms with Crippen LogP contribution in [0.3, 0.4) is 0 Å². The van der Waals surface area contributed by atoms with Gasteiger partial charge in [-0.15, -0.1) is 0 Å². The number of hydroxylamine groups is 2. The number of rotatable bonds is 4. The van der Waals surface area contributed by atoms with Crippen molar-refractivity contribution in [1.29, 1.82) is 0 Å². The molecule has 2 bridgehead atoms. The van der Waals surface area contributed by atoms with E-state index in [0.29, 0.717) is 17.9 Å². The first kappa shape index (κ1) is 21.2. The summed E-state index contributed by atoms with van der Waals surface area (Å²) in [6.45, 7) is 4.90. The zero-order valence-electron chi connectivity index (χ0n) is 16.7. The van der Waals surface area contributed by atoms with E-state index < -0.39 is 42.1 Å². The number of nitrogens with zero attached hydrogens (tertiary/aromatic N) is 6. The number of ether oxygens (including phenoxy) is 1. The number of anilines is 1. The maximum absolute atomic E-state index is 12.3. The predicted octanol–water partition coefficient (Wildman–Crippen LogP) is -1.17. The summed E-state index contributed by atoms with van der Waals surface area (Å²) in [6, 6.07) is -1.77. The van der Waals surface area contributed by atoms with E-state index in [1.807, 2.05) is 0 Å². The van der Waals surface area contributed by atoms with E-state index in [9.17, 15) is 24.4 Å². The van der Waals surface area contributed by atoms with Crippen molar-refractivity contribution in [2.24, 2.45) is 0 Å². The third-order valence-corrected chi connectivity index (χ3v) is 4.41. The second-order valence-electron chi connectivity index (χ2n) is 7.85. The van der Waals surface area contributed by atoms with Gasteiger partial charge in [0.2, 0.25) is 0 Å². The molecule has 5 amide bonds. The molecule has 2 aliphatic rings. The highest BCUT2D eigenvalue weighted by Gasteiger charge is 2.46. The molecule has 15 heteroatoms. The second-order valence-corrected chi connectivity index (χ2v) is 7.85. The van der Waals surface area contributed by atoms with E-state index in [4.69, 9.17) is 4.74 Å². The van der Waals surface area contributed by atoms with E-state index in [-0.39, 0.29) is 18.5 Å². The Balaban J connectivity index is 1.50. The Kier molecular flexibility index (Phi) is 5.73. The Morgan fingerprint density at radius 1 is 1.23 bits per heavy atom. The summed E-state index contributed by atoms with van der Waals surface area (Å²) in [5.74, 6) is -1.38. The van der Waals surface area contributed by atoms with Crippen LogP contribution in [0.15, 0.2) is 0 Å². The fourth-order valence-electron chi connectivity index (χ4n) is 3.11. The lowest BCUT2D eigenvalue weighted by molar-refractivity contribution is -0.132. The summed E-state index contributed by atoms with van der Waals surface area (Å²) in [5.41, 5.74) is 3.73. The summed E-state index contributed by atoms with van der Waals surface area (Å²) in [6.07, 6.45) is 0.0253. The summed E-state index contributed by atoms with van der Waals surface area (Å²) in [5, 5.41) is 23.2. The fraction of sp³-hybridized carbons (Fsp3) is 0.667. The first-order valence-corrected chi connectivity index (χ1v) is 9.18. The number of carbonyl (C=O) groups is 4. The number of hydrazine groups is 1. The van der Waals surface area contributed by atoms with Crippen LogP contribution in [0, 0.1) is 0 Å². The highest BCUT2D eigenvalue weighted by atomic mass is 16.6. The summed E-state index contributed by atoms with van der Waals surface area (Å²) in [4.78, 5) is 49.5. The van der Waals surface area contributed by atoms with Gasteiger partial charge in [0.05, 0.1) is 6.04 Å². The van der Waals surface area contributed by atoms with Gasteiger partial charge in [0.15, 0.2) is 0 Å². The normalized spacial score (nSPS) is 20.7. The molecule has 15 nitrogen and oxygen atoms in total. The molecule has 4 N–H and O–H groups in total. The summed E-state index contributed by atoms with van der Waals surface area (Å²) >= 11 is 0. The molecule has 0 unspecified atom stereocenters. The molecule has 2 fully saturated rings. The first-order chi connectivity index (χ1) is 14.0. The number of hydrogen-bond acceptors (Lipinski definition) is 9. The molecule has 2 saturated heterocycles. The van der Waals surface area contributed by atoms with Gasteiger partial charge in [0.1, 0.15) is 18.2 Å². The molecule has 2 atom stereocenters. The van der Waals surface area contributed by atoms with Crippen LogP contribution in [0.4, 0.5) is 15.5 Å². The molecule has 30 heavy (non-hydrogen) atoms. The van der Waals surface area contributed by atoms with E-state index in [1.54, 1.807) is 20.8 Å². The fourth-order valence-corrected chi connectivity index (χ4v) is 3.11. The quantitative estimate of drug-likeness (QED) is 0.341. The zero-order chi connectivity index (χ0) is 22.1. The van der Waals surface area contributed by atoms with Crippen LogP contribution in [0.5, 0.6) is 0 Å². The summed E-state index contributed by atoms with van der Waals surface area (Å²) < 4.78 is 6.09. The van der Waals surface area contributed by atoms with Gasteiger partial charge in [0, 0.05) is 6.54 Å². The molecule has 1 aromatic heterocycles. The minimum atomic E-state index is -0.802. The van der Waals surface area contributed by atoms with Crippen LogP contribution in [-0.4, -0.2) is 83.5 Å². The van der Waals surface area contributed by atoms with Crippen molar-refractivity contribution in [3.63, 3.8) is 0 Å². The van der Waals surface area contributed by atoms with Crippen LogP contribution < -0.4 is 16.2 Å². The molecule has 0 aliphatic carbocycles. The number of aromatic nitrogens is 4. The SMILES string of the molecule is CC(C)(C)OC(=O)Nc1nnnn1CC(=O)NNC(=O)[C@@H]1CC[C@@H]2CN1C(=O)N2O. The molecular formula is C15H23N9O6. The van der Waals surface area contributed by atoms with Crippen LogP contribution in [0.1, 0.15) is 33.6 Å². The summed E-state index contributed by atoms with van der Waals surface area (Å²) in [7, 11) is 0. The molecule has 2 aliphatic heterocycles. The maximum atomic E-state index is 12.3. The van der Waals surface area contributed by atoms with Crippen molar-refractivity contribution in [1.82, 2.24) is 41.0 Å². The number of tetrazole rings is 1. The number of carbonyl (C=O) groups excluding carboxylic acids is 4. The van der Waals surface area contributed by atoms with Crippen LogP contribution in [0.2, 0.25) is 0 Å². The first-order valence-electron chi connectivity index (χ1n) is 9.18. The number of hydrogen-bond donors (Lipinski definition) is 4. The Morgan fingerprint density at radius 3 is 2.67 bits per heavy atom. The molecule has 3 rings (SSSR count). The molecule has 0 spiro atoms. The third kappa shape index (κ3) is 4.73. The van der Waals surface area contributed by atoms with Gasteiger partial charge in [-0.3, -0.25) is 31.0 Å². The van der Waals surface area contributed by atoms with Crippen LogP contribution >= 0.6 is 0 Å². The largest absolute Gasteiger partial charge is 0.444 e. The van der Waals surface area contributed by atoms with Gasteiger partial charge in [-0.05, 0) is 44.0 Å². The van der Waals surface area contributed by atoms with Crippen molar-refractivity contribution >= 4 is 29.9 Å². The van der Waals surface area contributed by atoms with Gasteiger partial charge < -0.3 is 9.64 Å². The van der Waals surface area contributed by atoms with E-state index in [2.05, 4.69) is 31.7 Å². The van der Waals surface area contributed by atoms with Crippen LogP contribution in [-0.2, 0) is 20.9 Å². The van der Waals surface area contributed by atoms with Gasteiger partial charge >= 0.3 is 12.1 Å². The van der Waals surface area contributed by atoms with Crippen molar-refractivity contribution in [3.8, 4) is 0 Å². The highest BCUT2D eigenvalue weighted by molar-refractivity contribution is 5.90. The standard InChI is InChI=1S/C15H23N9O6/c1-15(2,3)30-13(27)16-12-19-20-21-23(12)7-10(25)17-18-11(26)9-5-4-8-6-22(9)14(28)24(8)29/h8-9,29H,4-7H2,1-3H3,(H,17,25)(H,18,26)(H,16,19,21,27)/t8-,9+/m1/s1. The smallest absolute Gasteiger partial charge is 0.414 e. The predicted molar refractivity (Wildman–Crippen MR) is 96.5 cm³/mol. The number of urea groups is 1. The van der Waals surface area contributed by atoms with Crippen molar-refractivity contribution < 1.29 is 29.1 Å². The topological polar surface area (TPSA) is 184 Å². The van der Waals surface area contributed by atoms with Gasteiger partial charge in [-0.2, -0.15) is 0 Å². The van der Waals surface area contributed by atoms with Gasteiger partial charge in [0.25, 0.3) is 17.8 Å². The molecule has 3 heterocycles. The molecule has 0 aromatic carbocycles. The highest BCUT2D eigenvalue weighted by Crippen LogP contribution is 2.28. The van der Waals surface area contributed by atoms with Crippen molar-refractivity contribution in [3.05, 3.63) is 0 Å². The number of piperidine rings is 1. The number of amides is 5. The van der Waals surface area contributed by atoms with Crippen molar-refractivity contribution in [2.75, 3.05) is 11.9 Å². The molecular weight excluding hydrogens is 402 g/mol. The minimum absolute atomic E-state index is 0.116. The Morgan fingerprint density at radius 2 is 1.97 bits per heavy atom. The average molecular weight is 425 g/mol. The molecule has 164 valence electrons. The number of nitrogens with one attached hydrogen (secondary N) is 3. The second kappa shape index (κ2) is 8.10. The molecule has 0 radical (unpaired) electrons. The average Bonchev–Trinajstić information content (AvgIpc) is 3.16. The van der Waals surface area contributed by atoms with Gasteiger partial charge in [-0.1, -0.05) is 5.10 Å². The van der Waals surface area contributed by atoms with Crippen molar-refractivity contribution in [2.45, 2.75) is 57.8 Å². The zero-order valence-corrected chi connectivity index (χ0v) is 16.7. The van der Waals surface area contributed by atoms with Crippen LogP contribution in [0.25, 0.3) is 0 Å². The van der Waals surface area contributed by atoms with E-state index >= 15 is 0 Å². The molecule has 1 aromatic rings.